The molecule has 0 fully saturated rings. The van der Waals surface area contributed by atoms with Crippen LogP contribution in [0.1, 0.15) is 23.1 Å². The molecule has 2 amide bonds. The van der Waals surface area contributed by atoms with Crippen molar-refractivity contribution in [3.8, 4) is 17.1 Å². The number of aliphatic hydroxyl groups excluding tert-OH is 1. The zero-order valence-corrected chi connectivity index (χ0v) is 21.5. The molecule has 210 valence electrons. The summed E-state index contributed by atoms with van der Waals surface area (Å²) in [6.45, 7) is 0.00225. The van der Waals surface area contributed by atoms with Crippen LogP contribution in [0.4, 0.5) is 13.2 Å². The summed E-state index contributed by atoms with van der Waals surface area (Å²) < 4.78 is 42.1. The maximum absolute atomic E-state index is 13.1. The Morgan fingerprint density at radius 1 is 1.12 bits per heavy atom. The summed E-state index contributed by atoms with van der Waals surface area (Å²) >= 11 is 5.90. The molecule has 16 heteroatoms. The van der Waals surface area contributed by atoms with Gasteiger partial charge in [-0.05, 0) is 43.3 Å². The van der Waals surface area contributed by atoms with E-state index in [1.807, 2.05) is 0 Å². The van der Waals surface area contributed by atoms with Crippen molar-refractivity contribution < 1.29 is 27.9 Å². The van der Waals surface area contributed by atoms with Gasteiger partial charge < -0.3 is 16.2 Å². The molecule has 0 saturated carbocycles. The Morgan fingerprint density at radius 2 is 1.80 bits per heavy atom. The fourth-order valence-electron chi connectivity index (χ4n) is 3.63. The molecule has 2 aromatic carbocycles. The van der Waals surface area contributed by atoms with Crippen LogP contribution >= 0.6 is 11.6 Å². The minimum absolute atomic E-state index is 0.0477. The summed E-state index contributed by atoms with van der Waals surface area (Å²) in [5.41, 5.74) is 5.01. The molecule has 0 aliphatic heterocycles. The van der Waals surface area contributed by atoms with Crippen LogP contribution in [0.3, 0.4) is 0 Å². The molecule has 0 bridgehead atoms. The molecule has 2 atom stereocenters. The first-order valence-electron chi connectivity index (χ1n) is 11.6. The topological polar surface area (TPSA) is 163 Å². The van der Waals surface area contributed by atoms with Gasteiger partial charge in [0.1, 0.15) is 18.9 Å². The van der Waals surface area contributed by atoms with Crippen molar-refractivity contribution in [2.75, 3.05) is 0 Å². The number of hydrogen-bond donors (Lipinski definition) is 3. The van der Waals surface area contributed by atoms with Crippen LogP contribution in [0.2, 0.25) is 5.02 Å². The molecule has 0 unspecified atom stereocenters. The first-order valence-corrected chi connectivity index (χ1v) is 12.0. The van der Waals surface area contributed by atoms with Gasteiger partial charge in [0.05, 0.1) is 17.8 Å². The standard InChI is InChI=1S/C24H22ClF3N8O4/c1-13(20(29)38)31-22(39)16-4-2-3-5-17(16)36-12-30-19(32-36)11-35-23(40)34(10-18(37)24(26,27)28)21(33-35)14-6-8-15(25)9-7-14/h2-9,12-13,18,37H,10-11H2,1H3,(H2,29,38)(H,31,39)/t13-,18-/m0/s1. The maximum atomic E-state index is 13.1. The van der Waals surface area contributed by atoms with Crippen molar-refractivity contribution >= 4 is 23.4 Å². The van der Waals surface area contributed by atoms with Gasteiger partial charge in [0.25, 0.3) is 5.91 Å². The van der Waals surface area contributed by atoms with Crippen LogP contribution < -0.4 is 16.7 Å². The summed E-state index contributed by atoms with van der Waals surface area (Å²) in [4.78, 5) is 41.2. The van der Waals surface area contributed by atoms with E-state index in [-0.39, 0.29) is 23.8 Å². The summed E-state index contributed by atoms with van der Waals surface area (Å²) in [5, 5.41) is 20.9. The number of hydrogen-bond acceptors (Lipinski definition) is 7. The summed E-state index contributed by atoms with van der Waals surface area (Å²) in [6, 6.07) is 11.3. The molecule has 4 aromatic rings. The molecule has 40 heavy (non-hydrogen) atoms. The Kier molecular flexibility index (Phi) is 8.06. The average Bonchev–Trinajstić information content (AvgIpc) is 3.49. The normalized spacial score (nSPS) is 13.2. The number of benzene rings is 2. The number of alkyl halides is 3. The molecule has 0 spiro atoms. The minimum atomic E-state index is -4.96. The van der Waals surface area contributed by atoms with Crippen LogP contribution in [0.15, 0.2) is 59.7 Å². The van der Waals surface area contributed by atoms with Crippen molar-refractivity contribution in [3.05, 3.63) is 81.8 Å². The SMILES string of the molecule is C[C@H](NC(=O)c1ccccc1-n1cnc(Cn2nc(-c3ccc(Cl)cc3)n(C[C@H](O)C(F)(F)F)c2=O)n1)C(N)=O. The quantitative estimate of drug-likeness (QED) is 0.271. The van der Waals surface area contributed by atoms with Crippen molar-refractivity contribution in [1.82, 2.24) is 34.4 Å². The predicted molar refractivity (Wildman–Crippen MR) is 136 cm³/mol. The fraction of sp³-hybridized carbons (Fsp3) is 0.250. The van der Waals surface area contributed by atoms with E-state index in [9.17, 15) is 32.7 Å². The highest BCUT2D eigenvalue weighted by molar-refractivity contribution is 6.30. The molecule has 2 heterocycles. The average molecular weight is 579 g/mol. The Balaban J connectivity index is 1.66. The molecule has 2 aromatic heterocycles. The highest BCUT2D eigenvalue weighted by atomic mass is 35.5. The number of para-hydroxylation sites is 1. The van der Waals surface area contributed by atoms with E-state index in [0.717, 1.165) is 4.68 Å². The Morgan fingerprint density at radius 3 is 2.45 bits per heavy atom. The van der Waals surface area contributed by atoms with Gasteiger partial charge in [-0.25, -0.2) is 19.1 Å². The van der Waals surface area contributed by atoms with Gasteiger partial charge in [-0.2, -0.15) is 13.2 Å². The monoisotopic (exact) mass is 578 g/mol. The van der Waals surface area contributed by atoms with E-state index < -0.39 is 42.4 Å². The van der Waals surface area contributed by atoms with E-state index in [1.54, 1.807) is 18.2 Å². The molecule has 12 nitrogen and oxygen atoms in total. The molecule has 0 aliphatic carbocycles. The van der Waals surface area contributed by atoms with Gasteiger partial charge >= 0.3 is 11.9 Å². The third-order valence-electron chi connectivity index (χ3n) is 5.76. The minimum Gasteiger partial charge on any atom is -0.382 e. The molecule has 0 aliphatic rings. The van der Waals surface area contributed by atoms with Crippen molar-refractivity contribution in [3.63, 3.8) is 0 Å². The van der Waals surface area contributed by atoms with Crippen LogP contribution in [0, 0.1) is 0 Å². The maximum Gasteiger partial charge on any atom is 0.416 e. The van der Waals surface area contributed by atoms with Crippen LogP contribution in [-0.2, 0) is 17.9 Å². The van der Waals surface area contributed by atoms with Crippen molar-refractivity contribution in [2.45, 2.75) is 38.3 Å². The third-order valence-corrected chi connectivity index (χ3v) is 6.01. The number of primary amides is 1. The largest absolute Gasteiger partial charge is 0.416 e. The van der Waals surface area contributed by atoms with Gasteiger partial charge in [-0.3, -0.25) is 14.2 Å². The second kappa shape index (κ2) is 11.3. The fourth-order valence-corrected chi connectivity index (χ4v) is 3.75. The molecule has 0 radical (unpaired) electrons. The molecule has 4 rings (SSSR count). The number of carbonyl (C=O) groups excluding carboxylic acids is 2. The summed E-state index contributed by atoms with van der Waals surface area (Å²) in [6.07, 6.45) is -6.51. The molecule has 0 saturated heterocycles. The summed E-state index contributed by atoms with van der Waals surface area (Å²) in [5.74, 6) is -1.40. The van der Waals surface area contributed by atoms with E-state index in [0.29, 0.717) is 20.8 Å². The number of halogens is 4. The van der Waals surface area contributed by atoms with E-state index in [4.69, 9.17) is 17.3 Å². The number of rotatable bonds is 9. The van der Waals surface area contributed by atoms with Gasteiger partial charge in [0.2, 0.25) is 5.91 Å². The van der Waals surface area contributed by atoms with E-state index >= 15 is 0 Å². The second-order valence-electron chi connectivity index (χ2n) is 8.66. The number of carbonyl (C=O) groups is 2. The highest BCUT2D eigenvalue weighted by Crippen LogP contribution is 2.24. The lowest BCUT2D eigenvalue weighted by Gasteiger charge is -2.15. The molecular formula is C24H22ClF3N8O4. The van der Waals surface area contributed by atoms with Crippen molar-refractivity contribution in [2.24, 2.45) is 5.73 Å². The van der Waals surface area contributed by atoms with Gasteiger partial charge in [-0.15, -0.1) is 10.2 Å². The summed E-state index contributed by atoms with van der Waals surface area (Å²) in [7, 11) is 0. The van der Waals surface area contributed by atoms with Gasteiger partial charge in [-0.1, -0.05) is 23.7 Å². The zero-order valence-electron chi connectivity index (χ0n) is 20.7. The lowest BCUT2D eigenvalue weighted by molar-refractivity contribution is -0.207. The van der Waals surface area contributed by atoms with Crippen molar-refractivity contribution in [1.29, 1.82) is 0 Å². The molecular weight excluding hydrogens is 557 g/mol. The number of nitrogens with zero attached hydrogens (tertiary/aromatic N) is 6. The number of nitrogens with two attached hydrogens (primary N) is 1. The van der Waals surface area contributed by atoms with Gasteiger partial charge in [0, 0.05) is 10.6 Å². The smallest absolute Gasteiger partial charge is 0.382 e. The van der Waals surface area contributed by atoms with Crippen LogP contribution in [0.25, 0.3) is 17.1 Å². The first kappa shape index (κ1) is 28.5. The molecule has 4 N–H and O–H groups in total. The number of aliphatic hydroxyl groups is 1. The van der Waals surface area contributed by atoms with Gasteiger partial charge in [0.15, 0.2) is 17.8 Å². The number of nitrogens with one attached hydrogen (secondary N) is 1. The second-order valence-corrected chi connectivity index (χ2v) is 9.10. The number of aromatic nitrogens is 6. The zero-order chi connectivity index (χ0) is 29.2. The Hall–Kier alpha value is -4.50. The number of amides is 2. The van der Waals surface area contributed by atoms with E-state index in [2.05, 4.69) is 20.5 Å². The van der Waals surface area contributed by atoms with Crippen LogP contribution in [0.5, 0.6) is 0 Å². The Bertz CT molecular complexity index is 1600. The van der Waals surface area contributed by atoms with Crippen LogP contribution in [-0.4, -0.2) is 64.4 Å². The highest BCUT2D eigenvalue weighted by Gasteiger charge is 2.39. The predicted octanol–water partition coefficient (Wildman–Crippen LogP) is 1.52. The lowest BCUT2D eigenvalue weighted by atomic mass is 10.1. The van der Waals surface area contributed by atoms with E-state index in [1.165, 1.54) is 48.3 Å². The third kappa shape index (κ3) is 6.21. The lowest BCUT2D eigenvalue weighted by Crippen LogP contribution is -2.42. The first-order chi connectivity index (χ1) is 18.8. The Labute approximate surface area is 228 Å².